The molecule has 0 unspecified atom stereocenters. The Morgan fingerprint density at radius 2 is 2.00 bits per heavy atom. The van der Waals surface area contributed by atoms with E-state index in [0.29, 0.717) is 18.7 Å². The SMILES string of the molecule is CCNCc1ccc(OCc2ccsc2)c(C(F)(F)F)c1. The maximum Gasteiger partial charge on any atom is 0.419 e. The number of nitrogens with one attached hydrogen (secondary N) is 1. The monoisotopic (exact) mass is 315 g/mol. The van der Waals surface area contributed by atoms with E-state index < -0.39 is 11.7 Å². The minimum absolute atomic E-state index is 0.131. The van der Waals surface area contributed by atoms with Crippen molar-refractivity contribution in [2.24, 2.45) is 0 Å². The number of benzene rings is 1. The maximum atomic E-state index is 13.1. The summed E-state index contributed by atoms with van der Waals surface area (Å²) in [6.07, 6.45) is -4.42. The Bertz CT molecular complexity index is 567. The van der Waals surface area contributed by atoms with Gasteiger partial charge in [0.15, 0.2) is 0 Å². The van der Waals surface area contributed by atoms with Gasteiger partial charge in [-0.2, -0.15) is 24.5 Å². The number of hydrogen-bond acceptors (Lipinski definition) is 3. The van der Waals surface area contributed by atoms with Crippen LogP contribution in [0.25, 0.3) is 0 Å². The molecule has 0 fully saturated rings. The number of ether oxygens (including phenoxy) is 1. The highest BCUT2D eigenvalue weighted by atomic mass is 32.1. The lowest BCUT2D eigenvalue weighted by Crippen LogP contribution is -2.14. The predicted octanol–water partition coefficient (Wildman–Crippen LogP) is 4.46. The van der Waals surface area contributed by atoms with Crippen molar-refractivity contribution in [3.63, 3.8) is 0 Å². The fourth-order valence-corrected chi connectivity index (χ4v) is 2.49. The number of halogens is 3. The van der Waals surface area contributed by atoms with Crippen molar-refractivity contribution in [3.8, 4) is 5.75 Å². The second-order valence-corrected chi connectivity index (χ2v) is 5.31. The number of hydrogen-bond donors (Lipinski definition) is 1. The third-order valence-electron chi connectivity index (χ3n) is 2.90. The molecule has 6 heteroatoms. The molecular formula is C15H16F3NOS. The third-order valence-corrected chi connectivity index (χ3v) is 3.63. The number of alkyl halides is 3. The standard InChI is InChI=1S/C15H16F3NOS/c1-2-19-8-11-3-4-14(13(7-11)15(16,17)18)20-9-12-5-6-21-10-12/h3-7,10,19H,2,8-9H2,1H3. The van der Waals surface area contributed by atoms with E-state index in [1.807, 2.05) is 23.8 Å². The third kappa shape index (κ3) is 4.47. The van der Waals surface area contributed by atoms with Crippen LogP contribution >= 0.6 is 11.3 Å². The van der Waals surface area contributed by atoms with Gasteiger partial charge in [0, 0.05) is 6.54 Å². The lowest BCUT2D eigenvalue weighted by atomic mass is 10.1. The summed E-state index contributed by atoms with van der Waals surface area (Å²) in [5.41, 5.74) is 0.727. The molecule has 0 aliphatic carbocycles. The molecule has 2 nitrogen and oxygen atoms in total. The molecule has 1 N–H and O–H groups in total. The molecule has 0 aliphatic heterocycles. The van der Waals surface area contributed by atoms with Crippen molar-refractivity contribution in [2.75, 3.05) is 6.54 Å². The van der Waals surface area contributed by atoms with Gasteiger partial charge in [-0.25, -0.2) is 0 Å². The van der Waals surface area contributed by atoms with E-state index in [1.165, 1.54) is 17.4 Å². The number of rotatable bonds is 6. The Morgan fingerprint density at radius 3 is 2.62 bits per heavy atom. The fraction of sp³-hybridized carbons (Fsp3) is 0.333. The summed E-state index contributed by atoms with van der Waals surface area (Å²) in [7, 11) is 0. The Kier molecular flexibility index (Phi) is 5.25. The highest BCUT2D eigenvalue weighted by Crippen LogP contribution is 2.37. The van der Waals surface area contributed by atoms with Crippen LogP contribution in [0.2, 0.25) is 0 Å². The zero-order chi connectivity index (χ0) is 15.3. The van der Waals surface area contributed by atoms with Crippen molar-refractivity contribution in [1.29, 1.82) is 0 Å². The first-order chi connectivity index (χ1) is 10.0. The zero-order valence-corrected chi connectivity index (χ0v) is 12.4. The fourth-order valence-electron chi connectivity index (χ4n) is 1.84. The first kappa shape index (κ1) is 15.9. The van der Waals surface area contributed by atoms with Crippen molar-refractivity contribution >= 4 is 11.3 Å². The molecule has 114 valence electrons. The molecular weight excluding hydrogens is 299 g/mol. The van der Waals surface area contributed by atoms with Crippen LogP contribution in [-0.4, -0.2) is 6.54 Å². The largest absolute Gasteiger partial charge is 0.488 e. The van der Waals surface area contributed by atoms with Gasteiger partial charge in [0.2, 0.25) is 0 Å². The summed E-state index contributed by atoms with van der Waals surface area (Å²) in [5.74, 6) is -0.131. The molecule has 1 aromatic heterocycles. The summed E-state index contributed by atoms with van der Waals surface area (Å²) >= 11 is 1.49. The van der Waals surface area contributed by atoms with Gasteiger partial charge >= 0.3 is 6.18 Å². The van der Waals surface area contributed by atoms with Gasteiger partial charge in [-0.05, 0) is 46.6 Å². The summed E-state index contributed by atoms with van der Waals surface area (Å²) < 4.78 is 44.7. The average molecular weight is 315 g/mol. The van der Waals surface area contributed by atoms with Crippen LogP contribution in [0.5, 0.6) is 5.75 Å². The van der Waals surface area contributed by atoms with Gasteiger partial charge in [0.25, 0.3) is 0 Å². The van der Waals surface area contributed by atoms with Gasteiger partial charge in [0.05, 0.1) is 5.56 Å². The lowest BCUT2D eigenvalue weighted by molar-refractivity contribution is -0.139. The average Bonchev–Trinajstić information content (AvgIpc) is 2.95. The zero-order valence-electron chi connectivity index (χ0n) is 11.5. The Morgan fingerprint density at radius 1 is 1.19 bits per heavy atom. The molecule has 0 bridgehead atoms. The van der Waals surface area contributed by atoms with E-state index in [9.17, 15) is 13.2 Å². The minimum Gasteiger partial charge on any atom is -0.488 e. The van der Waals surface area contributed by atoms with E-state index in [1.54, 1.807) is 6.07 Å². The second kappa shape index (κ2) is 6.95. The van der Waals surface area contributed by atoms with Gasteiger partial charge in [0.1, 0.15) is 12.4 Å². The molecule has 0 radical (unpaired) electrons. The summed E-state index contributed by atoms with van der Waals surface area (Å²) in [6.45, 7) is 3.16. The van der Waals surface area contributed by atoms with Crippen LogP contribution in [0.15, 0.2) is 35.0 Å². The van der Waals surface area contributed by atoms with Gasteiger partial charge in [-0.3, -0.25) is 0 Å². The Labute approximate surface area is 125 Å². The van der Waals surface area contributed by atoms with E-state index in [4.69, 9.17) is 4.74 Å². The number of thiophene rings is 1. The van der Waals surface area contributed by atoms with Crippen LogP contribution < -0.4 is 10.1 Å². The first-order valence-electron chi connectivity index (χ1n) is 6.55. The van der Waals surface area contributed by atoms with E-state index in [2.05, 4.69) is 5.32 Å². The molecule has 21 heavy (non-hydrogen) atoms. The highest BCUT2D eigenvalue weighted by Gasteiger charge is 2.34. The summed E-state index contributed by atoms with van der Waals surface area (Å²) in [4.78, 5) is 0. The van der Waals surface area contributed by atoms with Gasteiger partial charge in [-0.15, -0.1) is 0 Å². The first-order valence-corrected chi connectivity index (χ1v) is 7.49. The second-order valence-electron chi connectivity index (χ2n) is 4.53. The maximum absolute atomic E-state index is 13.1. The van der Waals surface area contributed by atoms with Crippen LogP contribution in [0, 0.1) is 0 Å². The van der Waals surface area contributed by atoms with Crippen LogP contribution in [0.1, 0.15) is 23.6 Å². The summed E-state index contributed by atoms with van der Waals surface area (Å²) in [5, 5.41) is 6.73. The van der Waals surface area contributed by atoms with E-state index in [0.717, 1.165) is 11.6 Å². The lowest BCUT2D eigenvalue weighted by Gasteiger charge is -2.15. The normalized spacial score (nSPS) is 11.6. The quantitative estimate of drug-likeness (QED) is 0.850. The van der Waals surface area contributed by atoms with Crippen molar-refractivity contribution in [1.82, 2.24) is 5.32 Å². The van der Waals surface area contributed by atoms with E-state index >= 15 is 0 Å². The molecule has 0 saturated carbocycles. The van der Waals surface area contributed by atoms with Gasteiger partial charge < -0.3 is 10.1 Å². The van der Waals surface area contributed by atoms with Crippen molar-refractivity contribution in [3.05, 3.63) is 51.7 Å². The van der Waals surface area contributed by atoms with E-state index in [-0.39, 0.29) is 12.4 Å². The molecule has 0 spiro atoms. The van der Waals surface area contributed by atoms with Gasteiger partial charge in [-0.1, -0.05) is 13.0 Å². The molecule has 1 heterocycles. The molecule has 0 atom stereocenters. The van der Waals surface area contributed by atoms with Crippen molar-refractivity contribution < 1.29 is 17.9 Å². The molecule has 2 rings (SSSR count). The smallest absolute Gasteiger partial charge is 0.419 e. The minimum atomic E-state index is -4.42. The molecule has 0 amide bonds. The molecule has 2 aromatic rings. The highest BCUT2D eigenvalue weighted by molar-refractivity contribution is 7.07. The summed E-state index contributed by atoms with van der Waals surface area (Å²) in [6, 6.07) is 6.02. The Balaban J connectivity index is 2.18. The molecule has 0 saturated heterocycles. The Hall–Kier alpha value is -1.53. The predicted molar refractivity (Wildman–Crippen MR) is 77.5 cm³/mol. The molecule has 0 aliphatic rings. The van der Waals surface area contributed by atoms with Crippen LogP contribution in [-0.2, 0) is 19.3 Å². The van der Waals surface area contributed by atoms with Crippen molar-refractivity contribution in [2.45, 2.75) is 26.3 Å². The van der Waals surface area contributed by atoms with Crippen LogP contribution in [0.4, 0.5) is 13.2 Å². The molecule has 1 aromatic carbocycles. The topological polar surface area (TPSA) is 21.3 Å². The van der Waals surface area contributed by atoms with Crippen LogP contribution in [0.3, 0.4) is 0 Å².